The molecule has 0 aliphatic carbocycles. The van der Waals surface area contributed by atoms with Crippen LogP contribution in [0.4, 0.5) is 5.69 Å². The van der Waals surface area contributed by atoms with Gasteiger partial charge in [0.25, 0.3) is 5.91 Å². The minimum atomic E-state index is -0.440. The number of carbonyl (C=O) groups excluding carboxylic acids is 2. The van der Waals surface area contributed by atoms with E-state index in [2.05, 4.69) is 54.9 Å². The van der Waals surface area contributed by atoms with Crippen molar-refractivity contribution in [1.82, 2.24) is 0 Å². The summed E-state index contributed by atoms with van der Waals surface area (Å²) < 4.78 is 0.902. The Morgan fingerprint density at radius 2 is 1.67 bits per heavy atom. The van der Waals surface area contributed by atoms with Gasteiger partial charge in [-0.2, -0.15) is 0 Å². The zero-order chi connectivity index (χ0) is 23.5. The predicted molar refractivity (Wildman–Crippen MR) is 137 cm³/mol. The molecule has 166 valence electrons. The van der Waals surface area contributed by atoms with Gasteiger partial charge in [0.05, 0.1) is 11.3 Å². The number of para-hydroxylation sites is 1. The molecule has 0 N–H and O–H groups in total. The molecular weight excluding hydrogens is 498 g/mol. The van der Waals surface area contributed by atoms with Gasteiger partial charge >= 0.3 is 0 Å². The van der Waals surface area contributed by atoms with Gasteiger partial charge in [-0.1, -0.05) is 64.8 Å². The lowest BCUT2D eigenvalue weighted by Gasteiger charge is -2.49. The van der Waals surface area contributed by atoms with Crippen molar-refractivity contribution in [3.05, 3.63) is 105 Å². The molecule has 5 heteroatoms. The fourth-order valence-corrected chi connectivity index (χ4v) is 5.83. The Labute approximate surface area is 207 Å². The Balaban J connectivity index is 1.68. The molecule has 0 fully saturated rings. The lowest BCUT2D eigenvalue weighted by atomic mass is 9.65. The topological polar surface area (TPSA) is 37.4 Å². The van der Waals surface area contributed by atoms with E-state index in [-0.39, 0.29) is 17.1 Å². The van der Waals surface area contributed by atoms with Crippen molar-refractivity contribution in [3.8, 4) is 0 Å². The van der Waals surface area contributed by atoms with Gasteiger partial charge in [0.15, 0.2) is 5.78 Å². The second-order valence-corrected chi connectivity index (χ2v) is 11.0. The molecule has 0 bridgehead atoms. The van der Waals surface area contributed by atoms with Crippen LogP contribution in [0.5, 0.6) is 0 Å². The van der Waals surface area contributed by atoms with Gasteiger partial charge in [-0.25, -0.2) is 0 Å². The van der Waals surface area contributed by atoms with E-state index in [0.717, 1.165) is 33.3 Å². The van der Waals surface area contributed by atoms with Crippen molar-refractivity contribution < 1.29 is 9.59 Å². The zero-order valence-corrected chi connectivity index (χ0v) is 21.0. The molecule has 2 heterocycles. The number of ketones is 1. The number of anilines is 1. The molecule has 1 unspecified atom stereocenters. The first-order valence-corrected chi connectivity index (χ1v) is 12.0. The standard InChI is InChI=1S/C28H23BrClNO2/c1-27(2)16-28(3,18-9-13-20(30)14-10-18)23-6-4-5-21-22(26(33)31(27)25(21)23)15-24(32)17-7-11-19(29)12-8-17/h4-15H,16H2,1-3H3/b22-15+. The normalized spacial score (nSPS) is 21.9. The first kappa shape index (κ1) is 22.1. The molecule has 2 aliphatic heterocycles. The second kappa shape index (κ2) is 7.68. The van der Waals surface area contributed by atoms with Crippen molar-refractivity contribution in [2.75, 3.05) is 4.90 Å². The Morgan fingerprint density at radius 1 is 1.00 bits per heavy atom. The van der Waals surface area contributed by atoms with Crippen molar-refractivity contribution >= 4 is 50.5 Å². The summed E-state index contributed by atoms with van der Waals surface area (Å²) in [5.74, 6) is -0.298. The van der Waals surface area contributed by atoms with Crippen LogP contribution in [0.2, 0.25) is 5.02 Å². The number of hydrogen-bond donors (Lipinski definition) is 0. The van der Waals surface area contributed by atoms with Gasteiger partial charge in [0.1, 0.15) is 0 Å². The fourth-order valence-electron chi connectivity index (χ4n) is 5.44. The van der Waals surface area contributed by atoms with Crippen LogP contribution in [0.15, 0.2) is 77.3 Å². The van der Waals surface area contributed by atoms with E-state index in [4.69, 9.17) is 11.6 Å². The van der Waals surface area contributed by atoms with Crippen LogP contribution < -0.4 is 4.90 Å². The number of amides is 1. The predicted octanol–water partition coefficient (Wildman–Crippen LogP) is 7.20. The zero-order valence-electron chi connectivity index (χ0n) is 18.7. The highest BCUT2D eigenvalue weighted by atomic mass is 79.9. The van der Waals surface area contributed by atoms with Gasteiger partial charge in [-0.15, -0.1) is 0 Å². The molecule has 3 nitrogen and oxygen atoms in total. The highest BCUT2D eigenvalue weighted by Crippen LogP contribution is 2.56. The van der Waals surface area contributed by atoms with Gasteiger partial charge in [0.2, 0.25) is 0 Å². The molecular formula is C28H23BrClNO2. The molecule has 3 aromatic rings. The number of halogens is 2. The van der Waals surface area contributed by atoms with Crippen molar-refractivity contribution in [2.24, 2.45) is 0 Å². The van der Waals surface area contributed by atoms with E-state index in [1.54, 1.807) is 12.1 Å². The van der Waals surface area contributed by atoms with Crippen LogP contribution in [0, 0.1) is 0 Å². The van der Waals surface area contributed by atoms with Crippen LogP contribution >= 0.6 is 27.5 Å². The van der Waals surface area contributed by atoms with Crippen LogP contribution in [0.25, 0.3) is 5.57 Å². The largest absolute Gasteiger partial charge is 0.302 e. The van der Waals surface area contributed by atoms with Crippen LogP contribution in [-0.4, -0.2) is 17.2 Å². The SMILES string of the molecule is CC1(c2ccc(Cl)cc2)CC(C)(C)N2C(=O)/C(=C/C(=O)c3ccc(Br)cc3)c3cccc1c32. The first-order valence-electron chi connectivity index (χ1n) is 10.9. The summed E-state index contributed by atoms with van der Waals surface area (Å²) in [5, 5.41) is 0.698. The maximum Gasteiger partial charge on any atom is 0.259 e. The maximum absolute atomic E-state index is 13.7. The first-order chi connectivity index (χ1) is 15.6. The van der Waals surface area contributed by atoms with E-state index in [9.17, 15) is 9.59 Å². The van der Waals surface area contributed by atoms with Crippen molar-refractivity contribution in [3.63, 3.8) is 0 Å². The number of allylic oxidation sites excluding steroid dienone is 1. The van der Waals surface area contributed by atoms with Gasteiger partial charge in [-0.05, 0) is 73.9 Å². The third-order valence-electron chi connectivity index (χ3n) is 6.85. The summed E-state index contributed by atoms with van der Waals surface area (Å²) >= 11 is 9.56. The van der Waals surface area contributed by atoms with E-state index < -0.39 is 5.54 Å². The average Bonchev–Trinajstić information content (AvgIpc) is 3.05. The fraction of sp³-hybridized carbons (Fsp3) is 0.214. The molecule has 0 radical (unpaired) electrons. The molecule has 0 saturated carbocycles. The number of rotatable bonds is 3. The molecule has 2 aliphatic rings. The van der Waals surface area contributed by atoms with Crippen molar-refractivity contribution in [1.29, 1.82) is 0 Å². The summed E-state index contributed by atoms with van der Waals surface area (Å²) in [6.45, 7) is 6.42. The summed E-state index contributed by atoms with van der Waals surface area (Å²) in [5.41, 5.74) is 4.23. The summed E-state index contributed by atoms with van der Waals surface area (Å²) in [7, 11) is 0. The molecule has 33 heavy (non-hydrogen) atoms. The second-order valence-electron chi connectivity index (χ2n) is 9.60. The summed E-state index contributed by atoms with van der Waals surface area (Å²) in [4.78, 5) is 28.6. The molecule has 0 spiro atoms. The molecule has 1 amide bonds. The number of hydrogen-bond acceptors (Lipinski definition) is 2. The Bertz CT molecular complexity index is 1330. The Kier molecular flexibility index (Phi) is 5.15. The highest BCUT2D eigenvalue weighted by Gasteiger charge is 2.52. The number of benzene rings is 3. The molecule has 5 rings (SSSR count). The molecule has 0 aromatic heterocycles. The third-order valence-corrected chi connectivity index (χ3v) is 7.64. The highest BCUT2D eigenvalue weighted by molar-refractivity contribution is 9.10. The van der Waals surface area contributed by atoms with Crippen molar-refractivity contribution in [2.45, 2.75) is 38.1 Å². The Morgan fingerprint density at radius 3 is 2.33 bits per heavy atom. The number of carbonyl (C=O) groups is 2. The minimum Gasteiger partial charge on any atom is -0.302 e. The van der Waals surface area contributed by atoms with E-state index in [1.807, 2.05) is 41.3 Å². The quantitative estimate of drug-likeness (QED) is 0.270. The average molecular weight is 521 g/mol. The minimum absolute atomic E-state index is 0.119. The smallest absolute Gasteiger partial charge is 0.259 e. The van der Waals surface area contributed by atoms with E-state index in [0.29, 0.717) is 16.2 Å². The Hall–Kier alpha value is -2.69. The van der Waals surface area contributed by atoms with E-state index in [1.165, 1.54) is 6.08 Å². The molecule has 1 atom stereocenters. The van der Waals surface area contributed by atoms with Crippen LogP contribution in [-0.2, 0) is 10.2 Å². The van der Waals surface area contributed by atoms with Crippen LogP contribution in [0.3, 0.4) is 0 Å². The number of nitrogens with zero attached hydrogens (tertiary/aromatic N) is 1. The lowest BCUT2D eigenvalue weighted by molar-refractivity contribution is -0.114. The monoisotopic (exact) mass is 519 g/mol. The molecule has 0 saturated heterocycles. The van der Waals surface area contributed by atoms with Crippen LogP contribution in [0.1, 0.15) is 54.2 Å². The lowest BCUT2D eigenvalue weighted by Crippen LogP contribution is -2.54. The van der Waals surface area contributed by atoms with Gasteiger partial charge < -0.3 is 4.90 Å². The third kappa shape index (κ3) is 3.48. The summed E-state index contributed by atoms with van der Waals surface area (Å²) in [6.07, 6.45) is 2.24. The summed E-state index contributed by atoms with van der Waals surface area (Å²) in [6, 6.07) is 21.2. The van der Waals surface area contributed by atoms with Gasteiger partial charge in [-0.3, -0.25) is 9.59 Å². The van der Waals surface area contributed by atoms with Gasteiger partial charge in [0, 0.05) is 31.6 Å². The molecule has 3 aromatic carbocycles. The maximum atomic E-state index is 13.7. The van der Waals surface area contributed by atoms with E-state index >= 15 is 0 Å².